The zero-order valence-corrected chi connectivity index (χ0v) is 15.1. The molecule has 0 aliphatic heterocycles. The zero-order valence-electron chi connectivity index (χ0n) is 15.1. The molecule has 0 heterocycles. The van der Waals surface area contributed by atoms with Gasteiger partial charge in [-0.15, -0.1) is 0 Å². The number of hydrogen-bond acceptors (Lipinski definition) is 2. The molecule has 22 heavy (non-hydrogen) atoms. The van der Waals surface area contributed by atoms with E-state index in [1.165, 1.54) is 5.57 Å². The van der Waals surface area contributed by atoms with Crippen LogP contribution in [0.15, 0.2) is 11.6 Å². The lowest BCUT2D eigenvalue weighted by atomic mass is 9.67. The van der Waals surface area contributed by atoms with Gasteiger partial charge in [0.2, 0.25) is 0 Å². The highest BCUT2D eigenvalue weighted by atomic mass is 16.3. The van der Waals surface area contributed by atoms with Gasteiger partial charge in [-0.2, -0.15) is 0 Å². The molecule has 0 aromatic carbocycles. The summed E-state index contributed by atoms with van der Waals surface area (Å²) in [7, 11) is 0. The van der Waals surface area contributed by atoms with Gasteiger partial charge >= 0.3 is 0 Å². The number of fused-ring (bicyclic) bond motifs is 1. The van der Waals surface area contributed by atoms with E-state index in [4.69, 9.17) is 0 Å². The van der Waals surface area contributed by atoms with Crippen molar-refractivity contribution in [2.75, 3.05) is 0 Å². The molecule has 1 N–H and O–H groups in total. The number of hydrogen-bond donors (Lipinski definition) is 1. The van der Waals surface area contributed by atoms with Crippen LogP contribution in [0.2, 0.25) is 0 Å². The maximum atomic E-state index is 12.6. The van der Waals surface area contributed by atoms with Crippen LogP contribution in [-0.2, 0) is 4.79 Å². The van der Waals surface area contributed by atoms with E-state index in [1.54, 1.807) is 0 Å². The van der Waals surface area contributed by atoms with Crippen molar-refractivity contribution in [3.05, 3.63) is 11.6 Å². The predicted octanol–water partition coefficient (Wildman–Crippen LogP) is 4.91. The monoisotopic (exact) mass is 306 g/mol. The van der Waals surface area contributed by atoms with Crippen LogP contribution < -0.4 is 0 Å². The van der Waals surface area contributed by atoms with Crippen LogP contribution in [-0.4, -0.2) is 16.5 Å². The van der Waals surface area contributed by atoms with Crippen molar-refractivity contribution in [2.45, 2.75) is 85.2 Å². The third kappa shape index (κ3) is 3.82. The topological polar surface area (TPSA) is 37.3 Å². The van der Waals surface area contributed by atoms with E-state index < -0.39 is 5.60 Å². The molecule has 0 bridgehead atoms. The molecule has 1 saturated carbocycles. The average Bonchev–Trinajstić information content (AvgIpc) is 2.71. The lowest BCUT2D eigenvalue weighted by Crippen LogP contribution is -2.38. The van der Waals surface area contributed by atoms with E-state index in [2.05, 4.69) is 26.8 Å². The van der Waals surface area contributed by atoms with Crippen LogP contribution in [0.1, 0.15) is 79.6 Å². The second kappa shape index (κ2) is 6.47. The summed E-state index contributed by atoms with van der Waals surface area (Å²) in [5.41, 5.74) is 0.875. The third-order valence-electron chi connectivity index (χ3n) is 6.38. The average molecular weight is 306 g/mol. The standard InChI is InChI=1S/C20H34O2/c1-14-7-6-8-15(2)18(21)13-20(5)12-11-16(19(3,4)22)17(20)10-9-14/h7,15-17,22H,6,8-13H2,1-5H3. The fourth-order valence-corrected chi connectivity index (χ4v) is 4.77. The summed E-state index contributed by atoms with van der Waals surface area (Å²) in [6.07, 6.45) is 9.36. The van der Waals surface area contributed by atoms with Gasteiger partial charge in [-0.1, -0.05) is 25.5 Å². The first-order chi connectivity index (χ1) is 10.1. The van der Waals surface area contributed by atoms with Crippen molar-refractivity contribution in [1.82, 2.24) is 0 Å². The van der Waals surface area contributed by atoms with E-state index in [0.29, 0.717) is 24.0 Å². The molecular formula is C20H34O2. The van der Waals surface area contributed by atoms with Crippen LogP contribution in [0.3, 0.4) is 0 Å². The Morgan fingerprint density at radius 2 is 1.95 bits per heavy atom. The molecule has 2 aliphatic rings. The van der Waals surface area contributed by atoms with E-state index >= 15 is 0 Å². The Balaban J connectivity index is 2.30. The molecule has 0 amide bonds. The fourth-order valence-electron chi connectivity index (χ4n) is 4.77. The zero-order chi connectivity index (χ0) is 16.5. The first kappa shape index (κ1) is 17.7. The molecule has 4 unspecified atom stereocenters. The first-order valence-electron chi connectivity index (χ1n) is 9.04. The van der Waals surface area contributed by atoms with Gasteiger partial charge < -0.3 is 5.11 Å². The number of Topliss-reactive ketones (excluding diaryl/α,β-unsaturated/α-hetero) is 1. The SMILES string of the molecule is CC1=CCCC(C)C(=O)CC2(C)CCC(C(C)(C)O)C2CC1. The maximum Gasteiger partial charge on any atom is 0.136 e. The molecule has 2 rings (SSSR count). The summed E-state index contributed by atoms with van der Waals surface area (Å²) in [4.78, 5) is 12.6. The van der Waals surface area contributed by atoms with Gasteiger partial charge in [-0.3, -0.25) is 4.79 Å². The van der Waals surface area contributed by atoms with Crippen molar-refractivity contribution in [3.63, 3.8) is 0 Å². The fraction of sp³-hybridized carbons (Fsp3) is 0.850. The number of rotatable bonds is 1. The lowest BCUT2D eigenvalue weighted by Gasteiger charge is -2.38. The third-order valence-corrected chi connectivity index (χ3v) is 6.38. The molecule has 2 heteroatoms. The van der Waals surface area contributed by atoms with Crippen LogP contribution in [0.4, 0.5) is 0 Å². The minimum absolute atomic E-state index is 0.0701. The van der Waals surface area contributed by atoms with E-state index in [9.17, 15) is 9.90 Å². The van der Waals surface area contributed by atoms with Crippen molar-refractivity contribution >= 4 is 5.78 Å². The Kier molecular flexibility index (Phi) is 5.21. The molecule has 0 aromatic heterocycles. The van der Waals surface area contributed by atoms with Crippen LogP contribution in [0.25, 0.3) is 0 Å². The number of carbonyl (C=O) groups is 1. The Morgan fingerprint density at radius 3 is 2.59 bits per heavy atom. The van der Waals surface area contributed by atoms with Crippen LogP contribution >= 0.6 is 0 Å². The highest BCUT2D eigenvalue weighted by molar-refractivity contribution is 5.81. The molecule has 1 fully saturated rings. The summed E-state index contributed by atoms with van der Waals surface area (Å²) in [5.74, 6) is 1.36. The van der Waals surface area contributed by atoms with Crippen molar-refractivity contribution in [3.8, 4) is 0 Å². The smallest absolute Gasteiger partial charge is 0.136 e. The maximum absolute atomic E-state index is 12.6. The summed E-state index contributed by atoms with van der Waals surface area (Å²) >= 11 is 0. The Bertz CT molecular complexity index is 443. The van der Waals surface area contributed by atoms with Crippen LogP contribution in [0.5, 0.6) is 0 Å². The molecule has 2 nitrogen and oxygen atoms in total. The van der Waals surface area contributed by atoms with Gasteiger partial charge in [0.1, 0.15) is 5.78 Å². The van der Waals surface area contributed by atoms with Crippen molar-refractivity contribution in [2.24, 2.45) is 23.2 Å². The number of allylic oxidation sites excluding steroid dienone is 2. The van der Waals surface area contributed by atoms with Gasteiger partial charge in [0.15, 0.2) is 0 Å². The van der Waals surface area contributed by atoms with E-state index in [1.807, 2.05) is 13.8 Å². The molecule has 4 atom stereocenters. The van der Waals surface area contributed by atoms with Gasteiger partial charge in [0.25, 0.3) is 0 Å². The second-order valence-electron chi connectivity index (χ2n) is 8.77. The molecule has 0 saturated heterocycles. The molecule has 0 radical (unpaired) electrons. The van der Waals surface area contributed by atoms with Crippen molar-refractivity contribution in [1.29, 1.82) is 0 Å². The first-order valence-corrected chi connectivity index (χ1v) is 9.04. The molecule has 2 aliphatic carbocycles. The largest absolute Gasteiger partial charge is 0.390 e. The minimum Gasteiger partial charge on any atom is -0.390 e. The normalized spacial score (nSPS) is 38.2. The number of carbonyl (C=O) groups excluding carboxylic acids is 1. The summed E-state index contributed by atoms with van der Waals surface area (Å²) < 4.78 is 0. The van der Waals surface area contributed by atoms with Gasteiger partial charge in [-0.05, 0) is 76.5 Å². The van der Waals surface area contributed by atoms with E-state index in [-0.39, 0.29) is 11.3 Å². The molecule has 0 spiro atoms. The van der Waals surface area contributed by atoms with Gasteiger partial charge in [0, 0.05) is 12.3 Å². The minimum atomic E-state index is -0.644. The lowest BCUT2D eigenvalue weighted by molar-refractivity contribution is -0.125. The Labute approximate surface area is 136 Å². The summed E-state index contributed by atoms with van der Waals surface area (Å²) in [6, 6.07) is 0. The summed E-state index contributed by atoms with van der Waals surface area (Å²) in [5, 5.41) is 10.6. The van der Waals surface area contributed by atoms with Crippen LogP contribution in [0, 0.1) is 23.2 Å². The predicted molar refractivity (Wildman–Crippen MR) is 91.6 cm³/mol. The molecule has 126 valence electrons. The van der Waals surface area contributed by atoms with Gasteiger partial charge in [0.05, 0.1) is 5.60 Å². The highest BCUT2D eigenvalue weighted by Gasteiger charge is 2.50. The number of aliphatic hydroxyl groups is 1. The highest BCUT2D eigenvalue weighted by Crippen LogP contribution is 2.55. The number of ketones is 1. The second-order valence-corrected chi connectivity index (χ2v) is 8.77. The summed E-state index contributed by atoms with van der Waals surface area (Å²) in [6.45, 7) is 10.5. The van der Waals surface area contributed by atoms with Gasteiger partial charge in [-0.25, -0.2) is 0 Å². The van der Waals surface area contributed by atoms with Crippen molar-refractivity contribution < 1.29 is 9.90 Å². The Morgan fingerprint density at radius 1 is 1.27 bits per heavy atom. The quantitative estimate of drug-likeness (QED) is 0.699. The van der Waals surface area contributed by atoms with E-state index in [0.717, 1.165) is 38.5 Å². The Hall–Kier alpha value is -0.630. The molecular weight excluding hydrogens is 272 g/mol. The molecule has 0 aromatic rings.